The van der Waals surface area contributed by atoms with E-state index in [0.717, 1.165) is 0 Å². The first kappa shape index (κ1) is 10.2. The normalized spacial score (nSPS) is 11.9. The molecule has 0 radical (unpaired) electrons. The Morgan fingerprint density at radius 3 is 2.62 bits per heavy atom. The van der Waals surface area contributed by atoms with Gasteiger partial charge in [0, 0.05) is 6.07 Å². The molecule has 0 aliphatic carbocycles. The molecular weight excluding hydrogens is 192 g/mol. The highest BCUT2D eigenvalue weighted by Crippen LogP contribution is 2.18. The lowest BCUT2D eigenvalue weighted by molar-refractivity contribution is 0.466. The number of hydrogen-bond donors (Lipinski definition) is 2. The van der Waals surface area contributed by atoms with E-state index in [1.807, 2.05) is 0 Å². The third kappa shape index (κ3) is 2.30. The second kappa shape index (κ2) is 3.49. The highest BCUT2D eigenvalue weighted by Gasteiger charge is 2.16. The zero-order valence-electron chi connectivity index (χ0n) is 7.49. The largest absolute Gasteiger partial charge is 0.464 e. The van der Waals surface area contributed by atoms with Gasteiger partial charge in [0.05, 0.1) is 6.54 Å². The molecule has 0 aliphatic heterocycles. The molecule has 0 amide bonds. The fraction of sp³-hybridized carbons (Fsp3) is 0.429. The van der Waals surface area contributed by atoms with Crippen molar-refractivity contribution in [3.8, 4) is 0 Å². The molecule has 1 aromatic rings. The first-order valence-corrected chi connectivity index (χ1v) is 5.26. The molecule has 1 aromatic heterocycles. The van der Waals surface area contributed by atoms with Crippen LogP contribution >= 0.6 is 0 Å². The summed E-state index contributed by atoms with van der Waals surface area (Å²) < 4.78 is 27.1. The molecule has 0 unspecified atom stereocenters. The lowest BCUT2D eigenvalue weighted by Gasteiger charge is -1.91. The average molecular weight is 204 g/mol. The van der Waals surface area contributed by atoms with E-state index >= 15 is 0 Å². The summed E-state index contributed by atoms with van der Waals surface area (Å²) in [6.45, 7) is 2.05. The van der Waals surface area contributed by atoms with Gasteiger partial charge in [-0.25, -0.2) is 13.6 Å². The number of aryl methyl sites for hydroxylation is 1. The van der Waals surface area contributed by atoms with Gasteiger partial charge in [0.2, 0.25) is 10.0 Å². The van der Waals surface area contributed by atoms with Crippen LogP contribution in [0.15, 0.2) is 15.4 Å². The van der Waals surface area contributed by atoms with E-state index in [2.05, 4.69) is 5.32 Å². The number of rotatable bonds is 3. The summed E-state index contributed by atoms with van der Waals surface area (Å²) in [5, 5.41) is 7.81. The Morgan fingerprint density at radius 1 is 1.62 bits per heavy atom. The van der Waals surface area contributed by atoms with Crippen molar-refractivity contribution in [2.45, 2.75) is 18.4 Å². The minimum absolute atomic E-state index is 0.0535. The number of primary sulfonamides is 1. The molecular formula is C7H12N2O3S. The van der Waals surface area contributed by atoms with E-state index in [4.69, 9.17) is 9.56 Å². The van der Waals surface area contributed by atoms with Crippen LogP contribution in [0.1, 0.15) is 11.5 Å². The van der Waals surface area contributed by atoms with Gasteiger partial charge in [-0.05, 0) is 14.0 Å². The average Bonchev–Trinajstić information content (AvgIpc) is 2.30. The van der Waals surface area contributed by atoms with Crippen LogP contribution < -0.4 is 10.5 Å². The van der Waals surface area contributed by atoms with Gasteiger partial charge in [-0.2, -0.15) is 0 Å². The maximum atomic E-state index is 11.0. The van der Waals surface area contributed by atoms with Crippen LogP contribution in [0, 0.1) is 6.92 Å². The molecule has 0 aromatic carbocycles. The Hall–Kier alpha value is -0.850. The Kier molecular flexibility index (Phi) is 2.74. The van der Waals surface area contributed by atoms with Crippen LogP contribution in [0.4, 0.5) is 0 Å². The van der Waals surface area contributed by atoms with Crippen molar-refractivity contribution in [3.63, 3.8) is 0 Å². The fourth-order valence-corrected chi connectivity index (χ4v) is 1.81. The summed E-state index contributed by atoms with van der Waals surface area (Å²) in [5.41, 5.74) is 0. The predicted molar refractivity (Wildman–Crippen MR) is 47.6 cm³/mol. The summed E-state index contributed by atoms with van der Waals surface area (Å²) in [5.74, 6) is 0.886. The van der Waals surface area contributed by atoms with Gasteiger partial charge in [0.25, 0.3) is 0 Å². The van der Waals surface area contributed by atoms with Gasteiger partial charge in [-0.15, -0.1) is 0 Å². The van der Waals surface area contributed by atoms with Crippen LogP contribution in [-0.4, -0.2) is 15.5 Å². The molecule has 0 saturated carbocycles. The van der Waals surface area contributed by atoms with E-state index in [0.29, 0.717) is 18.1 Å². The van der Waals surface area contributed by atoms with Crippen molar-refractivity contribution < 1.29 is 12.8 Å². The fourth-order valence-electron chi connectivity index (χ4n) is 1.07. The molecule has 0 bridgehead atoms. The summed E-state index contributed by atoms with van der Waals surface area (Å²) in [4.78, 5) is 0.0535. The quantitative estimate of drug-likeness (QED) is 0.723. The molecule has 1 rings (SSSR count). The molecule has 0 atom stereocenters. The van der Waals surface area contributed by atoms with Gasteiger partial charge >= 0.3 is 0 Å². The van der Waals surface area contributed by atoms with Crippen molar-refractivity contribution in [2.75, 3.05) is 7.05 Å². The van der Waals surface area contributed by atoms with E-state index in [-0.39, 0.29) is 4.90 Å². The van der Waals surface area contributed by atoms with Crippen molar-refractivity contribution in [2.24, 2.45) is 5.14 Å². The summed E-state index contributed by atoms with van der Waals surface area (Å²) in [7, 11) is -1.91. The van der Waals surface area contributed by atoms with Crippen LogP contribution in [0.2, 0.25) is 0 Å². The minimum atomic E-state index is -3.65. The van der Waals surface area contributed by atoms with Crippen molar-refractivity contribution >= 4 is 10.0 Å². The highest BCUT2D eigenvalue weighted by molar-refractivity contribution is 7.89. The Bertz CT molecular complexity index is 394. The molecule has 74 valence electrons. The molecule has 5 nitrogen and oxygen atoms in total. The van der Waals surface area contributed by atoms with Crippen LogP contribution in [0.3, 0.4) is 0 Å². The molecule has 1 heterocycles. The predicted octanol–water partition coefficient (Wildman–Crippen LogP) is -0.0452. The third-order valence-electron chi connectivity index (χ3n) is 1.58. The maximum Gasteiger partial charge on any atom is 0.241 e. The number of sulfonamides is 1. The van der Waals surface area contributed by atoms with Crippen molar-refractivity contribution in [1.82, 2.24) is 5.32 Å². The standard InChI is InChI=1S/C7H12N2O3S/c1-5-7(13(8,10)11)3-6(12-5)4-9-2/h3,9H,4H2,1-2H3,(H2,8,10,11). The second-order valence-corrected chi connectivity index (χ2v) is 4.24. The van der Waals surface area contributed by atoms with Crippen LogP contribution in [0.5, 0.6) is 0 Å². The number of hydrogen-bond acceptors (Lipinski definition) is 4. The summed E-state index contributed by atoms with van der Waals surface area (Å²) in [6, 6.07) is 1.43. The van der Waals surface area contributed by atoms with Crippen molar-refractivity contribution in [1.29, 1.82) is 0 Å². The molecule has 0 fully saturated rings. The maximum absolute atomic E-state index is 11.0. The number of nitrogens with one attached hydrogen (secondary N) is 1. The summed E-state index contributed by atoms with van der Waals surface area (Å²) >= 11 is 0. The number of furan rings is 1. The van der Waals surface area contributed by atoms with Gasteiger partial charge in [-0.1, -0.05) is 0 Å². The summed E-state index contributed by atoms with van der Waals surface area (Å²) in [6.07, 6.45) is 0. The third-order valence-corrected chi connectivity index (χ3v) is 2.60. The molecule has 3 N–H and O–H groups in total. The van der Waals surface area contributed by atoms with Crippen LogP contribution in [0.25, 0.3) is 0 Å². The smallest absolute Gasteiger partial charge is 0.241 e. The first-order valence-electron chi connectivity index (χ1n) is 3.72. The topological polar surface area (TPSA) is 85.3 Å². The first-order chi connectivity index (χ1) is 5.95. The monoisotopic (exact) mass is 204 g/mol. The molecule has 6 heteroatoms. The molecule has 0 aliphatic rings. The minimum Gasteiger partial charge on any atom is -0.464 e. The van der Waals surface area contributed by atoms with E-state index in [1.54, 1.807) is 14.0 Å². The highest BCUT2D eigenvalue weighted by atomic mass is 32.2. The Labute approximate surface area is 77.0 Å². The van der Waals surface area contributed by atoms with E-state index in [1.165, 1.54) is 6.07 Å². The number of nitrogens with two attached hydrogens (primary N) is 1. The van der Waals surface area contributed by atoms with E-state index in [9.17, 15) is 8.42 Å². The lowest BCUT2D eigenvalue weighted by Crippen LogP contribution is -2.12. The lowest BCUT2D eigenvalue weighted by atomic mass is 10.4. The van der Waals surface area contributed by atoms with Gasteiger partial charge in [-0.3, -0.25) is 0 Å². The molecule has 13 heavy (non-hydrogen) atoms. The zero-order valence-corrected chi connectivity index (χ0v) is 8.31. The Balaban J connectivity index is 3.11. The Morgan fingerprint density at radius 2 is 2.23 bits per heavy atom. The van der Waals surface area contributed by atoms with Gasteiger partial charge in [0.15, 0.2) is 0 Å². The van der Waals surface area contributed by atoms with E-state index < -0.39 is 10.0 Å². The van der Waals surface area contributed by atoms with Gasteiger partial charge < -0.3 is 9.73 Å². The van der Waals surface area contributed by atoms with Gasteiger partial charge in [0.1, 0.15) is 16.4 Å². The van der Waals surface area contributed by atoms with Crippen molar-refractivity contribution in [3.05, 3.63) is 17.6 Å². The molecule has 0 saturated heterocycles. The zero-order chi connectivity index (χ0) is 10.1. The second-order valence-electron chi connectivity index (χ2n) is 2.71. The SMILES string of the molecule is CNCc1cc(S(N)(=O)=O)c(C)o1. The van der Waals surface area contributed by atoms with Crippen LogP contribution in [-0.2, 0) is 16.6 Å². The molecule has 0 spiro atoms.